The first kappa shape index (κ1) is 30.1. The summed E-state index contributed by atoms with van der Waals surface area (Å²) in [5, 5.41) is 8.62. The van der Waals surface area contributed by atoms with Gasteiger partial charge in [-0.25, -0.2) is 0 Å². The molecule has 0 aliphatic heterocycles. The second kappa shape index (κ2) is 14.7. The number of carbonyl (C=O) groups excluding carboxylic acids is 3. The van der Waals surface area contributed by atoms with Gasteiger partial charge in [-0.2, -0.15) is 0 Å². The molecular formula is C34H33N3O4S. The smallest absolute Gasteiger partial charge is 0.272 e. The number of benzene rings is 4. The predicted molar refractivity (Wildman–Crippen MR) is 170 cm³/mol. The second-order valence-corrected chi connectivity index (χ2v) is 10.4. The van der Waals surface area contributed by atoms with Crippen molar-refractivity contribution in [1.29, 1.82) is 0 Å². The Morgan fingerprint density at radius 3 is 2.26 bits per heavy atom. The molecule has 0 heterocycles. The average Bonchev–Trinajstić information content (AvgIpc) is 3.02. The Kier molecular flexibility index (Phi) is 10.6. The lowest BCUT2D eigenvalue weighted by Gasteiger charge is -2.13. The topological polar surface area (TPSA) is 96.5 Å². The molecule has 0 saturated heterocycles. The minimum atomic E-state index is -0.491. The summed E-state index contributed by atoms with van der Waals surface area (Å²) in [5.74, 6) is -0.165. The average molecular weight is 580 g/mol. The van der Waals surface area contributed by atoms with E-state index in [1.165, 1.54) is 11.8 Å². The third kappa shape index (κ3) is 8.11. The quantitative estimate of drug-likeness (QED) is 0.136. The van der Waals surface area contributed by atoms with Gasteiger partial charge in [-0.1, -0.05) is 61.5 Å². The number of rotatable bonds is 11. The Labute approximate surface area is 250 Å². The van der Waals surface area contributed by atoms with E-state index in [2.05, 4.69) is 22.9 Å². The number of anilines is 2. The van der Waals surface area contributed by atoms with Crippen LogP contribution in [0.15, 0.2) is 108 Å². The Hall–Kier alpha value is -4.82. The lowest BCUT2D eigenvalue weighted by atomic mass is 10.1. The summed E-state index contributed by atoms with van der Waals surface area (Å²) in [6.07, 6.45) is 2.42. The number of nitrogens with one attached hydrogen (secondary N) is 3. The summed E-state index contributed by atoms with van der Waals surface area (Å²) in [5.41, 5.74) is 4.68. The highest BCUT2D eigenvalue weighted by molar-refractivity contribution is 8.00. The van der Waals surface area contributed by atoms with Gasteiger partial charge in [-0.05, 0) is 73.0 Å². The Morgan fingerprint density at radius 1 is 0.833 bits per heavy atom. The van der Waals surface area contributed by atoms with Crippen LogP contribution in [0.5, 0.6) is 5.75 Å². The first-order valence-corrected chi connectivity index (χ1v) is 14.5. The number of hydrogen-bond donors (Lipinski definition) is 3. The molecule has 0 bridgehead atoms. The zero-order chi connectivity index (χ0) is 29.9. The molecule has 0 aromatic heterocycles. The zero-order valence-corrected chi connectivity index (χ0v) is 24.6. The van der Waals surface area contributed by atoms with E-state index in [0.717, 1.165) is 28.1 Å². The molecule has 0 saturated carbocycles. The Morgan fingerprint density at radius 2 is 1.55 bits per heavy atom. The Bertz CT molecular complexity index is 1580. The van der Waals surface area contributed by atoms with Gasteiger partial charge < -0.3 is 20.7 Å². The number of ether oxygens (including phenoxy) is 1. The third-order valence-corrected chi connectivity index (χ3v) is 7.47. The molecule has 0 spiro atoms. The highest BCUT2D eigenvalue weighted by Crippen LogP contribution is 2.25. The minimum absolute atomic E-state index is 0.0612. The summed E-state index contributed by atoms with van der Waals surface area (Å²) < 4.78 is 5.42. The Balaban J connectivity index is 1.43. The third-order valence-electron chi connectivity index (χ3n) is 6.45. The fraction of sp³-hybridized carbons (Fsp3) is 0.147. The number of methoxy groups -OCH3 is 1. The molecule has 4 rings (SSSR count). The summed E-state index contributed by atoms with van der Waals surface area (Å²) in [6.45, 7) is 4.05. The fourth-order valence-corrected chi connectivity index (χ4v) is 4.94. The van der Waals surface area contributed by atoms with Crippen LogP contribution in [0, 0.1) is 6.92 Å². The van der Waals surface area contributed by atoms with Crippen molar-refractivity contribution in [2.75, 3.05) is 23.5 Å². The van der Waals surface area contributed by atoms with Gasteiger partial charge in [-0.15, -0.1) is 11.8 Å². The van der Waals surface area contributed by atoms with E-state index in [4.69, 9.17) is 4.74 Å². The van der Waals surface area contributed by atoms with Crippen LogP contribution in [0.2, 0.25) is 0 Å². The molecule has 214 valence electrons. The number of aryl methyl sites for hydroxylation is 2. The molecule has 0 aliphatic rings. The van der Waals surface area contributed by atoms with Gasteiger partial charge in [0.1, 0.15) is 11.4 Å². The van der Waals surface area contributed by atoms with E-state index < -0.39 is 11.8 Å². The van der Waals surface area contributed by atoms with Crippen molar-refractivity contribution in [2.45, 2.75) is 25.2 Å². The molecule has 42 heavy (non-hydrogen) atoms. The van der Waals surface area contributed by atoms with Gasteiger partial charge in [0.2, 0.25) is 5.91 Å². The first-order valence-electron chi connectivity index (χ1n) is 13.5. The monoisotopic (exact) mass is 579 g/mol. The van der Waals surface area contributed by atoms with Gasteiger partial charge in [0.15, 0.2) is 0 Å². The number of para-hydroxylation sites is 2. The SMILES string of the molecule is CCc1cccc(C)c1NC(=O)CSc1ccc(NC(=O)/C(=C/c2ccccc2OC)NC(=O)c2ccccc2)cc1. The second-order valence-electron chi connectivity index (χ2n) is 9.40. The van der Waals surface area contributed by atoms with Crippen molar-refractivity contribution < 1.29 is 19.1 Å². The molecule has 0 aliphatic carbocycles. The van der Waals surface area contributed by atoms with Crippen molar-refractivity contribution in [3.8, 4) is 5.75 Å². The molecule has 0 unspecified atom stereocenters. The number of carbonyl (C=O) groups is 3. The molecule has 0 radical (unpaired) electrons. The summed E-state index contributed by atoms with van der Waals surface area (Å²) >= 11 is 1.41. The molecular weight excluding hydrogens is 546 g/mol. The first-order chi connectivity index (χ1) is 20.4. The van der Waals surface area contributed by atoms with Crippen LogP contribution in [-0.4, -0.2) is 30.6 Å². The maximum absolute atomic E-state index is 13.3. The van der Waals surface area contributed by atoms with Crippen LogP contribution in [0.4, 0.5) is 11.4 Å². The molecule has 0 fully saturated rings. The molecule has 0 atom stereocenters. The highest BCUT2D eigenvalue weighted by Gasteiger charge is 2.16. The number of hydrogen-bond acceptors (Lipinski definition) is 5. The molecule has 3 amide bonds. The lowest BCUT2D eigenvalue weighted by molar-refractivity contribution is -0.114. The van der Waals surface area contributed by atoms with E-state index in [9.17, 15) is 14.4 Å². The van der Waals surface area contributed by atoms with E-state index >= 15 is 0 Å². The van der Waals surface area contributed by atoms with Crippen LogP contribution < -0.4 is 20.7 Å². The van der Waals surface area contributed by atoms with Crippen LogP contribution in [0.25, 0.3) is 6.08 Å². The van der Waals surface area contributed by atoms with E-state index in [0.29, 0.717) is 22.6 Å². The van der Waals surface area contributed by atoms with Gasteiger partial charge in [-0.3, -0.25) is 14.4 Å². The molecule has 7 nitrogen and oxygen atoms in total. The van der Waals surface area contributed by atoms with Crippen LogP contribution in [0.3, 0.4) is 0 Å². The molecule has 4 aromatic carbocycles. The van der Waals surface area contributed by atoms with Crippen molar-refractivity contribution in [3.63, 3.8) is 0 Å². The van der Waals surface area contributed by atoms with E-state index in [-0.39, 0.29) is 17.4 Å². The number of thioether (sulfide) groups is 1. The fourth-order valence-electron chi connectivity index (χ4n) is 4.24. The maximum Gasteiger partial charge on any atom is 0.272 e. The van der Waals surface area contributed by atoms with Gasteiger partial charge in [0, 0.05) is 27.4 Å². The van der Waals surface area contributed by atoms with Crippen LogP contribution in [0.1, 0.15) is 34.0 Å². The van der Waals surface area contributed by atoms with Gasteiger partial charge >= 0.3 is 0 Å². The predicted octanol–water partition coefficient (Wildman–Crippen LogP) is 6.71. The summed E-state index contributed by atoms with van der Waals surface area (Å²) in [6, 6.07) is 29.1. The van der Waals surface area contributed by atoms with Crippen molar-refractivity contribution in [2.24, 2.45) is 0 Å². The molecule has 8 heteroatoms. The highest BCUT2D eigenvalue weighted by atomic mass is 32.2. The zero-order valence-electron chi connectivity index (χ0n) is 23.8. The normalized spacial score (nSPS) is 11.0. The van der Waals surface area contributed by atoms with Crippen molar-refractivity contribution >= 4 is 46.9 Å². The van der Waals surface area contributed by atoms with Crippen LogP contribution in [-0.2, 0) is 16.0 Å². The summed E-state index contributed by atoms with van der Waals surface area (Å²) in [7, 11) is 1.54. The molecule has 3 N–H and O–H groups in total. The van der Waals surface area contributed by atoms with E-state index in [1.807, 2.05) is 55.5 Å². The van der Waals surface area contributed by atoms with Gasteiger partial charge in [0.25, 0.3) is 11.8 Å². The molecule has 4 aromatic rings. The standard InChI is InChI=1S/C34H33N3O4S/c1-4-24-15-10-11-23(2)32(24)37-31(38)22-42-28-19-17-27(18-20-28)35-34(40)29(21-26-14-8-9-16-30(26)41-3)36-33(39)25-12-6-5-7-13-25/h5-21H,4,22H2,1-3H3,(H,35,40)(H,36,39)(H,37,38)/b29-21-. The van der Waals surface area contributed by atoms with Crippen LogP contribution >= 0.6 is 11.8 Å². The summed E-state index contributed by atoms with van der Waals surface area (Å²) in [4.78, 5) is 39.8. The van der Waals surface area contributed by atoms with Gasteiger partial charge in [0.05, 0.1) is 12.9 Å². The van der Waals surface area contributed by atoms with Crippen molar-refractivity contribution in [1.82, 2.24) is 5.32 Å². The maximum atomic E-state index is 13.3. The minimum Gasteiger partial charge on any atom is -0.496 e. The lowest BCUT2D eigenvalue weighted by Crippen LogP contribution is -2.30. The number of amides is 3. The van der Waals surface area contributed by atoms with E-state index in [1.54, 1.807) is 61.7 Å². The largest absolute Gasteiger partial charge is 0.496 e. The van der Waals surface area contributed by atoms with Crippen molar-refractivity contribution in [3.05, 3.63) is 125 Å².